The molecule has 0 aliphatic heterocycles. The van der Waals surface area contributed by atoms with Crippen LogP contribution in [0.2, 0.25) is 5.02 Å². The van der Waals surface area contributed by atoms with Crippen molar-refractivity contribution in [3.63, 3.8) is 0 Å². The van der Waals surface area contributed by atoms with Crippen molar-refractivity contribution < 1.29 is 31.4 Å². The highest BCUT2D eigenvalue weighted by Crippen LogP contribution is 2.51. The Bertz CT molecular complexity index is 1340. The fourth-order valence-electron chi connectivity index (χ4n) is 3.81. The number of anilines is 1. The van der Waals surface area contributed by atoms with Crippen LogP contribution in [0.1, 0.15) is 37.0 Å². The molecule has 0 radical (unpaired) electrons. The Labute approximate surface area is 215 Å². The first-order valence-corrected chi connectivity index (χ1v) is 12.7. The Kier molecular flexibility index (Phi) is 7.70. The van der Waals surface area contributed by atoms with E-state index < -0.39 is 39.6 Å². The molecule has 1 saturated carbocycles. The van der Waals surface area contributed by atoms with E-state index in [1.807, 2.05) is 0 Å². The maximum atomic E-state index is 13.4. The smallest absolute Gasteiger partial charge is 0.245 e. The normalized spacial score (nSPS) is 18.9. The SMILES string of the molecule is COc1ncnc(OC)c1-n1c(NS(=O)(=O)[C@@H](C)[C@H](OC)c2ncc(Cl)cn2)nnc1[C@H]1C[C@@H]1C(F)F. The number of rotatable bonds is 11. The average Bonchev–Trinajstić information content (AvgIpc) is 3.59. The highest BCUT2D eigenvalue weighted by molar-refractivity contribution is 7.93. The molecule has 0 amide bonds. The van der Waals surface area contributed by atoms with Crippen LogP contribution in [0, 0.1) is 5.92 Å². The number of aromatic nitrogens is 7. The quantitative estimate of drug-likeness (QED) is 0.367. The van der Waals surface area contributed by atoms with Crippen LogP contribution in [0.4, 0.5) is 14.7 Å². The third-order valence-corrected chi connectivity index (χ3v) is 7.74. The molecule has 4 atom stereocenters. The molecule has 3 heterocycles. The Morgan fingerprint density at radius 1 is 1.08 bits per heavy atom. The molecule has 3 aromatic rings. The molecule has 1 aliphatic carbocycles. The number of nitrogens with zero attached hydrogens (tertiary/aromatic N) is 7. The molecular weight excluding hydrogens is 538 g/mol. The van der Waals surface area contributed by atoms with Crippen molar-refractivity contribution in [3.05, 3.63) is 35.4 Å². The molecule has 0 bridgehead atoms. The van der Waals surface area contributed by atoms with Gasteiger partial charge < -0.3 is 14.2 Å². The van der Waals surface area contributed by atoms with E-state index in [0.29, 0.717) is 0 Å². The van der Waals surface area contributed by atoms with E-state index in [-0.39, 0.29) is 46.5 Å². The Morgan fingerprint density at radius 3 is 2.22 bits per heavy atom. The van der Waals surface area contributed by atoms with E-state index in [1.165, 1.54) is 51.5 Å². The number of sulfonamides is 1. The maximum absolute atomic E-state index is 13.4. The second-order valence-corrected chi connectivity index (χ2v) is 10.5. The summed E-state index contributed by atoms with van der Waals surface area (Å²) in [6, 6.07) is 0. The third-order valence-electron chi connectivity index (χ3n) is 5.85. The summed E-state index contributed by atoms with van der Waals surface area (Å²) in [6.07, 6.45) is 0.264. The summed E-state index contributed by atoms with van der Waals surface area (Å²) in [5.41, 5.74) is 0.0436. The lowest BCUT2D eigenvalue weighted by Gasteiger charge is -2.22. The summed E-state index contributed by atoms with van der Waals surface area (Å²) < 4.78 is 73.3. The zero-order chi connectivity index (χ0) is 26.9. The Balaban J connectivity index is 1.77. The van der Waals surface area contributed by atoms with E-state index in [4.69, 9.17) is 25.8 Å². The molecule has 17 heteroatoms. The molecule has 200 valence electrons. The topological polar surface area (TPSA) is 156 Å². The molecule has 1 N–H and O–H groups in total. The van der Waals surface area contributed by atoms with Crippen LogP contribution >= 0.6 is 11.6 Å². The van der Waals surface area contributed by atoms with Crippen LogP contribution < -0.4 is 14.2 Å². The zero-order valence-corrected chi connectivity index (χ0v) is 21.6. The van der Waals surface area contributed by atoms with Crippen LogP contribution in [0.3, 0.4) is 0 Å². The summed E-state index contributed by atoms with van der Waals surface area (Å²) >= 11 is 5.83. The predicted molar refractivity (Wildman–Crippen MR) is 126 cm³/mol. The first-order valence-electron chi connectivity index (χ1n) is 10.8. The second-order valence-electron chi connectivity index (χ2n) is 8.07. The molecule has 1 aliphatic rings. The highest BCUT2D eigenvalue weighted by Gasteiger charge is 2.49. The first kappa shape index (κ1) is 26.8. The number of methoxy groups -OCH3 is 3. The van der Waals surface area contributed by atoms with Crippen LogP contribution in [-0.2, 0) is 14.8 Å². The van der Waals surface area contributed by atoms with Gasteiger partial charge in [0, 0.05) is 31.3 Å². The average molecular weight is 561 g/mol. The summed E-state index contributed by atoms with van der Waals surface area (Å²) in [5, 5.41) is 7.02. The molecule has 13 nitrogen and oxygen atoms in total. The number of alkyl halides is 2. The van der Waals surface area contributed by atoms with E-state index in [9.17, 15) is 17.2 Å². The number of hydrogen-bond acceptors (Lipinski definition) is 11. The summed E-state index contributed by atoms with van der Waals surface area (Å²) in [7, 11) is -0.289. The van der Waals surface area contributed by atoms with Gasteiger partial charge in [0.05, 0.1) is 19.2 Å². The largest absolute Gasteiger partial charge is 0.479 e. The third kappa shape index (κ3) is 5.26. The van der Waals surface area contributed by atoms with Crippen molar-refractivity contribution in [2.24, 2.45) is 5.92 Å². The van der Waals surface area contributed by atoms with E-state index in [0.717, 1.165) is 0 Å². The van der Waals surface area contributed by atoms with Gasteiger partial charge in [-0.1, -0.05) is 11.6 Å². The van der Waals surface area contributed by atoms with E-state index in [2.05, 4.69) is 34.9 Å². The van der Waals surface area contributed by atoms with Gasteiger partial charge in [-0.15, -0.1) is 10.2 Å². The molecule has 3 aromatic heterocycles. The van der Waals surface area contributed by atoms with Gasteiger partial charge >= 0.3 is 0 Å². The van der Waals surface area contributed by atoms with Crippen molar-refractivity contribution in [2.75, 3.05) is 26.1 Å². The van der Waals surface area contributed by atoms with Gasteiger partial charge in [-0.25, -0.2) is 27.2 Å². The van der Waals surface area contributed by atoms with Gasteiger partial charge in [-0.05, 0) is 13.3 Å². The molecule has 1 fully saturated rings. The molecular formula is C20H23ClF2N8O5S. The minimum atomic E-state index is -4.26. The lowest BCUT2D eigenvalue weighted by atomic mass is 10.2. The van der Waals surface area contributed by atoms with Crippen LogP contribution in [0.25, 0.3) is 5.69 Å². The van der Waals surface area contributed by atoms with Gasteiger partial charge in [0.15, 0.2) is 11.5 Å². The van der Waals surface area contributed by atoms with E-state index in [1.54, 1.807) is 0 Å². The lowest BCUT2D eigenvalue weighted by Crippen LogP contribution is -2.33. The van der Waals surface area contributed by atoms with Crippen LogP contribution in [-0.4, -0.2) is 76.1 Å². The minimum absolute atomic E-state index is 0.0139. The fourth-order valence-corrected chi connectivity index (χ4v) is 5.04. The molecule has 0 saturated heterocycles. The number of halogens is 3. The Morgan fingerprint density at radius 2 is 1.70 bits per heavy atom. The zero-order valence-electron chi connectivity index (χ0n) is 20.0. The monoisotopic (exact) mass is 560 g/mol. The van der Waals surface area contributed by atoms with Crippen molar-refractivity contribution >= 4 is 27.6 Å². The minimum Gasteiger partial charge on any atom is -0.479 e. The van der Waals surface area contributed by atoms with Crippen molar-refractivity contribution in [1.29, 1.82) is 0 Å². The number of ether oxygens (including phenoxy) is 3. The summed E-state index contributed by atoms with van der Waals surface area (Å²) in [5.74, 6) is -1.82. The molecule has 37 heavy (non-hydrogen) atoms. The molecule has 0 unspecified atom stereocenters. The van der Waals surface area contributed by atoms with Crippen LogP contribution in [0.5, 0.6) is 11.8 Å². The lowest BCUT2D eigenvalue weighted by molar-refractivity contribution is 0.0950. The fraction of sp³-hybridized carbons (Fsp3) is 0.500. The molecule has 0 aromatic carbocycles. The van der Waals surface area contributed by atoms with Crippen LogP contribution in [0.15, 0.2) is 18.7 Å². The Hall–Kier alpha value is -3.24. The van der Waals surface area contributed by atoms with Gasteiger partial charge in [0.2, 0.25) is 34.2 Å². The summed E-state index contributed by atoms with van der Waals surface area (Å²) in [6.45, 7) is 1.39. The molecule has 0 spiro atoms. The van der Waals surface area contributed by atoms with Gasteiger partial charge in [-0.3, -0.25) is 9.29 Å². The molecule has 4 rings (SSSR count). The second kappa shape index (κ2) is 10.6. The standard InChI is InChI=1S/C20H23ClF2N8O5S/c1-9(14(34-2)16-24-6-10(21)7-25-16)37(32,33)30-20-29-28-17(12-5-11(12)15(22)23)31(20)13-18(35-3)26-8-27-19(13)36-4/h6-9,11-12,14-15H,5H2,1-4H3,(H,29,30)/t9-,11-,12-,14-/m0/s1. The van der Waals surface area contributed by atoms with Gasteiger partial charge in [0.1, 0.15) is 23.5 Å². The highest BCUT2D eigenvalue weighted by atomic mass is 35.5. The van der Waals surface area contributed by atoms with Gasteiger partial charge in [0.25, 0.3) is 0 Å². The predicted octanol–water partition coefficient (Wildman–Crippen LogP) is 2.40. The summed E-state index contributed by atoms with van der Waals surface area (Å²) in [4.78, 5) is 16.2. The number of nitrogens with one attached hydrogen (secondary N) is 1. The van der Waals surface area contributed by atoms with E-state index >= 15 is 0 Å². The van der Waals surface area contributed by atoms with Crippen molar-refractivity contribution in [3.8, 4) is 17.4 Å². The van der Waals surface area contributed by atoms with Gasteiger partial charge in [-0.2, -0.15) is 9.97 Å². The van der Waals surface area contributed by atoms with Crippen molar-refractivity contribution in [2.45, 2.75) is 37.0 Å². The maximum Gasteiger partial charge on any atom is 0.245 e. The first-order chi connectivity index (χ1) is 17.6. The number of hydrogen-bond donors (Lipinski definition) is 1. The van der Waals surface area contributed by atoms with Crippen molar-refractivity contribution in [1.82, 2.24) is 34.7 Å².